The second-order valence-electron chi connectivity index (χ2n) is 10.3. The maximum Gasteiger partial charge on any atom is 0.408 e. The van der Waals surface area contributed by atoms with E-state index in [4.69, 9.17) is 9.47 Å². The average Bonchev–Trinajstić information content (AvgIpc) is 3.16. The van der Waals surface area contributed by atoms with Crippen LogP contribution in [0.5, 0.6) is 5.88 Å². The van der Waals surface area contributed by atoms with Crippen molar-refractivity contribution in [3.8, 4) is 17.1 Å². The number of carbonyl (C=O) groups is 1. The fraction of sp³-hybridized carbons (Fsp3) is 0.357. The molecule has 2 aromatic carbocycles. The number of pyridine rings is 1. The minimum Gasteiger partial charge on any atom is -0.473 e. The molecule has 3 aromatic rings. The second-order valence-corrected chi connectivity index (χ2v) is 10.3. The van der Waals surface area contributed by atoms with Crippen molar-refractivity contribution in [1.29, 1.82) is 0 Å². The van der Waals surface area contributed by atoms with E-state index < -0.39 is 23.3 Å². The number of nitrogens with one attached hydrogen (secondary N) is 2. The number of amides is 1. The quantitative estimate of drug-likeness (QED) is 0.475. The fourth-order valence-corrected chi connectivity index (χ4v) is 4.88. The van der Waals surface area contributed by atoms with Crippen molar-refractivity contribution in [2.45, 2.75) is 39.0 Å². The minimum atomic E-state index is -0.898. The Morgan fingerprint density at radius 1 is 1.17 bits per heavy atom. The Hall–Kier alpha value is -3.52. The van der Waals surface area contributed by atoms with E-state index in [0.29, 0.717) is 23.1 Å². The van der Waals surface area contributed by atoms with Gasteiger partial charge >= 0.3 is 6.09 Å². The van der Waals surface area contributed by atoms with E-state index in [1.807, 2.05) is 44.2 Å². The second kappa shape index (κ2) is 9.17. The molecule has 1 saturated carbocycles. The van der Waals surface area contributed by atoms with Crippen LogP contribution in [0.1, 0.15) is 31.9 Å². The maximum absolute atomic E-state index is 14.7. The van der Waals surface area contributed by atoms with Gasteiger partial charge in [0.2, 0.25) is 5.88 Å². The molecular weight excluding hydrogens is 464 g/mol. The number of rotatable bonds is 7. The van der Waals surface area contributed by atoms with Crippen molar-refractivity contribution in [1.82, 2.24) is 15.6 Å². The monoisotopic (exact) mass is 493 g/mol. The number of aromatic nitrogens is 1. The summed E-state index contributed by atoms with van der Waals surface area (Å²) in [6, 6.07) is 16.2. The number of nitrogens with zero attached hydrogens (tertiary/aromatic N) is 1. The predicted octanol–water partition coefficient (Wildman–Crippen LogP) is 5.18. The Morgan fingerprint density at radius 2 is 1.94 bits per heavy atom. The molecule has 2 aliphatic rings. The summed E-state index contributed by atoms with van der Waals surface area (Å²) in [7, 11) is 0. The van der Waals surface area contributed by atoms with Crippen molar-refractivity contribution < 1.29 is 23.0 Å². The summed E-state index contributed by atoms with van der Waals surface area (Å²) in [5.41, 5.74) is 1.10. The van der Waals surface area contributed by atoms with E-state index in [2.05, 4.69) is 22.5 Å². The molecule has 1 amide bonds. The van der Waals surface area contributed by atoms with Gasteiger partial charge in [0.1, 0.15) is 24.3 Å². The molecule has 0 radical (unpaired) electrons. The summed E-state index contributed by atoms with van der Waals surface area (Å²) in [6.07, 6.45) is -0.590. The Labute approximate surface area is 209 Å². The van der Waals surface area contributed by atoms with Gasteiger partial charge in [-0.25, -0.2) is 18.6 Å². The van der Waals surface area contributed by atoms with E-state index in [9.17, 15) is 13.6 Å². The van der Waals surface area contributed by atoms with Crippen molar-refractivity contribution in [3.05, 3.63) is 83.4 Å². The van der Waals surface area contributed by atoms with Gasteiger partial charge in [-0.2, -0.15) is 0 Å². The van der Waals surface area contributed by atoms with E-state index in [1.54, 1.807) is 12.1 Å². The van der Waals surface area contributed by atoms with Crippen LogP contribution in [0.15, 0.2) is 60.7 Å². The number of alkyl carbamates (subject to hydrolysis) is 1. The summed E-state index contributed by atoms with van der Waals surface area (Å²) < 4.78 is 39.9. The number of carbonyl (C=O) groups excluding carboxylic acids is 1. The van der Waals surface area contributed by atoms with Crippen molar-refractivity contribution in [3.63, 3.8) is 0 Å². The van der Waals surface area contributed by atoms with Crippen LogP contribution in [-0.2, 0) is 16.9 Å². The molecule has 0 spiro atoms. The lowest BCUT2D eigenvalue weighted by Gasteiger charge is -2.27. The first kappa shape index (κ1) is 24.2. The van der Waals surface area contributed by atoms with Gasteiger partial charge in [0.05, 0.1) is 11.2 Å². The zero-order chi connectivity index (χ0) is 25.5. The van der Waals surface area contributed by atoms with Crippen LogP contribution in [0, 0.1) is 23.0 Å². The zero-order valence-electron chi connectivity index (χ0n) is 20.5. The van der Waals surface area contributed by atoms with E-state index in [1.165, 1.54) is 12.1 Å². The van der Waals surface area contributed by atoms with Crippen molar-refractivity contribution in [2.75, 3.05) is 13.1 Å². The molecule has 2 fully saturated rings. The van der Waals surface area contributed by atoms with Gasteiger partial charge in [-0.05, 0) is 43.2 Å². The fourth-order valence-electron chi connectivity index (χ4n) is 4.88. The highest BCUT2D eigenvalue weighted by Gasteiger charge is 2.66. The van der Waals surface area contributed by atoms with Crippen LogP contribution in [0.2, 0.25) is 0 Å². The van der Waals surface area contributed by atoms with E-state index >= 15 is 0 Å². The molecule has 1 saturated heterocycles. The van der Waals surface area contributed by atoms with Crippen molar-refractivity contribution >= 4 is 6.09 Å². The normalized spacial score (nSPS) is 22.6. The minimum absolute atomic E-state index is 0.000626. The number of halogens is 2. The molecule has 2 heterocycles. The molecule has 6 nitrogen and oxygen atoms in total. The van der Waals surface area contributed by atoms with Crippen LogP contribution in [0.4, 0.5) is 13.6 Å². The highest BCUT2D eigenvalue weighted by atomic mass is 19.1. The summed E-state index contributed by atoms with van der Waals surface area (Å²) in [5, 5.41) is 6.24. The lowest BCUT2D eigenvalue weighted by molar-refractivity contribution is 0.129. The maximum atomic E-state index is 14.7. The Bertz CT molecular complexity index is 1280. The van der Waals surface area contributed by atoms with E-state index in [-0.39, 0.29) is 23.7 Å². The van der Waals surface area contributed by atoms with Crippen LogP contribution in [0.3, 0.4) is 0 Å². The molecule has 188 valence electrons. The van der Waals surface area contributed by atoms with Gasteiger partial charge in [-0.3, -0.25) is 0 Å². The highest BCUT2D eigenvalue weighted by Crippen LogP contribution is 2.56. The number of fused-ring (bicyclic) bond motifs is 1. The topological polar surface area (TPSA) is 72.5 Å². The summed E-state index contributed by atoms with van der Waals surface area (Å²) >= 11 is 0. The molecule has 0 unspecified atom stereocenters. The lowest BCUT2D eigenvalue weighted by Crippen LogP contribution is -2.41. The molecule has 1 aliphatic carbocycles. The van der Waals surface area contributed by atoms with Gasteiger partial charge < -0.3 is 20.1 Å². The molecule has 0 bridgehead atoms. The first-order valence-corrected chi connectivity index (χ1v) is 12.0. The van der Waals surface area contributed by atoms with Crippen molar-refractivity contribution in [2.24, 2.45) is 11.3 Å². The molecule has 8 heteroatoms. The number of hydrogen-bond acceptors (Lipinski definition) is 5. The summed E-state index contributed by atoms with van der Waals surface area (Å²) in [5.74, 6) is -0.677. The Morgan fingerprint density at radius 3 is 2.64 bits per heavy atom. The largest absolute Gasteiger partial charge is 0.473 e. The van der Waals surface area contributed by atoms with E-state index in [0.717, 1.165) is 24.7 Å². The molecular formula is C28H29F2N3O3. The van der Waals surface area contributed by atoms with Gasteiger partial charge in [-0.1, -0.05) is 37.3 Å². The molecule has 3 atom stereocenters. The molecule has 2 N–H and O–H groups in total. The molecule has 36 heavy (non-hydrogen) atoms. The van der Waals surface area contributed by atoms with Crippen LogP contribution < -0.4 is 15.4 Å². The van der Waals surface area contributed by atoms with Crippen LogP contribution in [-0.4, -0.2) is 30.3 Å². The third kappa shape index (κ3) is 4.78. The zero-order valence-corrected chi connectivity index (χ0v) is 20.5. The number of piperidine rings is 1. The number of ether oxygens (including phenoxy) is 2. The first-order chi connectivity index (χ1) is 17.2. The molecule has 1 aliphatic heterocycles. The highest BCUT2D eigenvalue weighted by molar-refractivity contribution is 5.69. The van der Waals surface area contributed by atoms with Gasteiger partial charge in [-0.15, -0.1) is 0 Å². The van der Waals surface area contributed by atoms with Gasteiger partial charge in [0.25, 0.3) is 0 Å². The summed E-state index contributed by atoms with van der Waals surface area (Å²) in [4.78, 5) is 17.2. The lowest BCUT2D eigenvalue weighted by atomic mass is 9.93. The van der Waals surface area contributed by atoms with Crippen LogP contribution >= 0.6 is 0 Å². The third-order valence-electron chi connectivity index (χ3n) is 7.23. The SMILES string of the molecule is CC(C)(NC(=O)OCc1ccccc1)c1cc(O[C@H]2[C@@H]3CNC[C@@]32C)nc(-c2ccc(F)cc2F)c1. The smallest absolute Gasteiger partial charge is 0.408 e. The number of benzene rings is 2. The predicted molar refractivity (Wildman–Crippen MR) is 131 cm³/mol. The molecule has 5 rings (SSSR count). The van der Waals surface area contributed by atoms with Crippen LogP contribution in [0.25, 0.3) is 11.3 Å². The first-order valence-electron chi connectivity index (χ1n) is 12.0. The molecule has 1 aromatic heterocycles. The average molecular weight is 494 g/mol. The standard InChI is InChI=1S/C28H29F2N3O3/c1-27(2,33-26(34)35-15-17-7-5-4-6-8-17)18-11-23(20-10-9-19(29)13-22(20)30)32-24(12-18)36-25-21-14-31-16-28(21,25)3/h4-13,21,25,31H,14-16H2,1-3H3,(H,33,34)/t21-,25-,28-/m0/s1. The summed E-state index contributed by atoms with van der Waals surface area (Å²) in [6.45, 7) is 7.67. The van der Waals surface area contributed by atoms with Gasteiger partial charge in [0.15, 0.2) is 0 Å². The third-order valence-corrected chi connectivity index (χ3v) is 7.23. The number of hydrogen-bond donors (Lipinski definition) is 2. The Balaban J connectivity index is 1.41. The Kier molecular flexibility index (Phi) is 6.16. The van der Waals surface area contributed by atoms with Gasteiger partial charge in [0, 0.05) is 42.1 Å².